The zero-order valence-electron chi connectivity index (χ0n) is 16.2. The van der Waals surface area contributed by atoms with Crippen LogP contribution in [-0.4, -0.2) is 15.5 Å². The Balaban J connectivity index is 1.98. The van der Waals surface area contributed by atoms with Gasteiger partial charge in [0.05, 0.1) is 11.1 Å². The molecule has 0 unspecified atom stereocenters. The summed E-state index contributed by atoms with van der Waals surface area (Å²) in [5, 5.41) is 3.90. The van der Waals surface area contributed by atoms with Crippen LogP contribution in [0, 0.1) is 24.3 Å². The highest BCUT2D eigenvalue weighted by atomic mass is 127. The van der Waals surface area contributed by atoms with Crippen LogP contribution in [0.1, 0.15) is 52.6 Å². The van der Waals surface area contributed by atoms with Crippen LogP contribution < -0.4 is 10.9 Å². The highest BCUT2D eigenvalue weighted by Crippen LogP contribution is 2.29. The van der Waals surface area contributed by atoms with Gasteiger partial charge in [0.2, 0.25) is 0 Å². The molecule has 0 spiro atoms. The summed E-state index contributed by atoms with van der Waals surface area (Å²) in [6, 6.07) is 6.24. The third-order valence-corrected chi connectivity index (χ3v) is 5.43. The van der Waals surface area contributed by atoms with Crippen molar-refractivity contribution in [3.63, 3.8) is 0 Å². The molecule has 0 atom stereocenters. The number of halogens is 1. The molecule has 0 radical (unpaired) electrons. The van der Waals surface area contributed by atoms with Gasteiger partial charge < -0.3 is 14.9 Å². The standard InChI is InChI=1S/C21H24IN3O2/c1-11(2)25-10-13(4)19-16(7-15(22)8-18(19)25)20(26)23-9-17-12(3)6-14(5)24-21(17)27/h6-8,10-11H,9H2,1-5H3,(H,23,26)(H,24,27). The molecule has 27 heavy (non-hydrogen) atoms. The second-order valence-corrected chi connectivity index (χ2v) is 8.53. The van der Waals surface area contributed by atoms with Crippen molar-refractivity contribution < 1.29 is 4.79 Å². The van der Waals surface area contributed by atoms with Crippen LogP contribution in [0.2, 0.25) is 0 Å². The van der Waals surface area contributed by atoms with E-state index < -0.39 is 0 Å². The molecule has 3 rings (SSSR count). The third kappa shape index (κ3) is 3.81. The summed E-state index contributed by atoms with van der Waals surface area (Å²) in [7, 11) is 0. The normalized spacial score (nSPS) is 11.4. The van der Waals surface area contributed by atoms with Gasteiger partial charge in [0.15, 0.2) is 0 Å². The average Bonchev–Trinajstić information content (AvgIpc) is 2.89. The SMILES string of the molecule is Cc1cc(C)c(CNC(=O)c2cc(I)cc3c2c(C)cn3C(C)C)c(=O)[nH]1. The van der Waals surface area contributed by atoms with E-state index in [-0.39, 0.29) is 18.0 Å². The summed E-state index contributed by atoms with van der Waals surface area (Å²) >= 11 is 2.24. The molecule has 1 aromatic carbocycles. The number of aromatic nitrogens is 2. The van der Waals surface area contributed by atoms with Crippen molar-refractivity contribution in [2.24, 2.45) is 0 Å². The lowest BCUT2D eigenvalue weighted by Gasteiger charge is -2.12. The molecule has 5 nitrogen and oxygen atoms in total. The number of hydrogen-bond donors (Lipinski definition) is 2. The van der Waals surface area contributed by atoms with Crippen molar-refractivity contribution in [3.8, 4) is 0 Å². The Bertz CT molecular complexity index is 1090. The van der Waals surface area contributed by atoms with Crippen LogP contribution in [0.5, 0.6) is 0 Å². The molecule has 2 aromatic heterocycles. The molecule has 6 heteroatoms. The summed E-state index contributed by atoms with van der Waals surface area (Å²) in [6.45, 7) is 10.2. The number of nitrogens with zero attached hydrogens (tertiary/aromatic N) is 1. The molecule has 3 aromatic rings. The number of pyridine rings is 1. The number of rotatable bonds is 4. The van der Waals surface area contributed by atoms with Gasteiger partial charge in [0.1, 0.15) is 0 Å². The first kappa shape index (κ1) is 19.7. The Labute approximate surface area is 172 Å². The molecular weight excluding hydrogens is 453 g/mol. The van der Waals surface area contributed by atoms with Gasteiger partial charge in [0.25, 0.3) is 11.5 Å². The van der Waals surface area contributed by atoms with Crippen LogP contribution in [0.3, 0.4) is 0 Å². The molecule has 0 saturated carbocycles. The van der Waals surface area contributed by atoms with E-state index in [1.165, 1.54) is 0 Å². The quantitative estimate of drug-likeness (QED) is 0.549. The summed E-state index contributed by atoms with van der Waals surface area (Å²) in [5.41, 5.74) is 4.92. The van der Waals surface area contributed by atoms with Gasteiger partial charge in [-0.1, -0.05) is 0 Å². The Morgan fingerprint density at radius 2 is 1.89 bits per heavy atom. The lowest BCUT2D eigenvalue weighted by molar-refractivity contribution is 0.0952. The van der Waals surface area contributed by atoms with E-state index in [0.717, 1.165) is 31.3 Å². The lowest BCUT2D eigenvalue weighted by Crippen LogP contribution is -2.28. The maximum atomic E-state index is 13.0. The number of H-pyrrole nitrogens is 1. The third-order valence-electron chi connectivity index (χ3n) is 4.81. The van der Waals surface area contributed by atoms with E-state index in [9.17, 15) is 9.59 Å². The molecule has 0 saturated heterocycles. The van der Waals surface area contributed by atoms with Gasteiger partial charge in [-0.05, 0) is 86.5 Å². The van der Waals surface area contributed by atoms with Crippen molar-refractivity contribution in [1.82, 2.24) is 14.9 Å². The molecule has 0 aliphatic heterocycles. The predicted molar refractivity (Wildman–Crippen MR) is 117 cm³/mol. The number of aromatic amines is 1. The second kappa shape index (κ2) is 7.50. The van der Waals surface area contributed by atoms with Crippen LogP contribution in [-0.2, 0) is 6.54 Å². The fraction of sp³-hybridized carbons (Fsp3) is 0.333. The predicted octanol–water partition coefficient (Wildman–Crippen LogP) is 4.37. The zero-order chi connectivity index (χ0) is 19.9. The first-order chi connectivity index (χ1) is 12.7. The second-order valence-electron chi connectivity index (χ2n) is 7.29. The van der Waals surface area contributed by atoms with Gasteiger partial charge >= 0.3 is 0 Å². The first-order valence-electron chi connectivity index (χ1n) is 8.97. The number of carbonyl (C=O) groups excluding carboxylic acids is 1. The van der Waals surface area contributed by atoms with Gasteiger partial charge in [-0.15, -0.1) is 0 Å². The maximum Gasteiger partial charge on any atom is 0.253 e. The van der Waals surface area contributed by atoms with E-state index in [4.69, 9.17) is 0 Å². The first-order valence-corrected chi connectivity index (χ1v) is 10.0. The number of hydrogen-bond acceptors (Lipinski definition) is 2. The Morgan fingerprint density at radius 1 is 1.19 bits per heavy atom. The molecule has 0 aliphatic carbocycles. The molecule has 0 fully saturated rings. The smallest absolute Gasteiger partial charge is 0.253 e. The number of amides is 1. The largest absolute Gasteiger partial charge is 0.348 e. The van der Waals surface area contributed by atoms with E-state index >= 15 is 0 Å². The number of carbonyl (C=O) groups is 1. The summed E-state index contributed by atoms with van der Waals surface area (Å²) in [4.78, 5) is 28.0. The minimum absolute atomic E-state index is 0.150. The van der Waals surface area contributed by atoms with Gasteiger partial charge in [-0.2, -0.15) is 0 Å². The summed E-state index contributed by atoms with van der Waals surface area (Å²) in [5.74, 6) is -0.164. The van der Waals surface area contributed by atoms with Crippen molar-refractivity contribution in [2.45, 2.75) is 47.2 Å². The molecular formula is C21H24IN3O2. The summed E-state index contributed by atoms with van der Waals surface area (Å²) < 4.78 is 3.20. The van der Waals surface area contributed by atoms with Gasteiger partial charge in [-0.25, -0.2) is 0 Å². The van der Waals surface area contributed by atoms with E-state index in [1.54, 1.807) is 0 Å². The maximum absolute atomic E-state index is 13.0. The van der Waals surface area contributed by atoms with Crippen molar-refractivity contribution >= 4 is 39.4 Å². The van der Waals surface area contributed by atoms with E-state index in [2.05, 4.69) is 63.6 Å². The Hall–Kier alpha value is -2.09. The number of benzene rings is 1. The zero-order valence-corrected chi connectivity index (χ0v) is 18.4. The lowest BCUT2D eigenvalue weighted by atomic mass is 10.1. The minimum atomic E-state index is -0.164. The average molecular weight is 477 g/mol. The highest BCUT2D eigenvalue weighted by molar-refractivity contribution is 14.1. The van der Waals surface area contributed by atoms with Gasteiger partial charge in [-0.3, -0.25) is 9.59 Å². The van der Waals surface area contributed by atoms with Crippen LogP contribution in [0.25, 0.3) is 10.9 Å². The van der Waals surface area contributed by atoms with Crippen LogP contribution in [0.4, 0.5) is 0 Å². The topological polar surface area (TPSA) is 66.9 Å². The van der Waals surface area contributed by atoms with Crippen molar-refractivity contribution in [2.75, 3.05) is 0 Å². The molecule has 2 heterocycles. The Kier molecular flexibility index (Phi) is 5.46. The number of aryl methyl sites for hydroxylation is 3. The number of nitrogens with one attached hydrogen (secondary N) is 2. The fourth-order valence-electron chi connectivity index (χ4n) is 3.52. The fourth-order valence-corrected chi connectivity index (χ4v) is 4.13. The molecule has 2 N–H and O–H groups in total. The summed E-state index contributed by atoms with van der Waals surface area (Å²) in [6.07, 6.45) is 2.09. The van der Waals surface area contributed by atoms with E-state index in [1.807, 2.05) is 32.9 Å². The van der Waals surface area contributed by atoms with Crippen molar-refractivity contribution in [1.29, 1.82) is 0 Å². The van der Waals surface area contributed by atoms with E-state index in [0.29, 0.717) is 17.2 Å². The molecule has 0 aliphatic rings. The Morgan fingerprint density at radius 3 is 2.52 bits per heavy atom. The monoisotopic (exact) mass is 477 g/mol. The van der Waals surface area contributed by atoms with Crippen LogP contribution >= 0.6 is 22.6 Å². The number of fused-ring (bicyclic) bond motifs is 1. The van der Waals surface area contributed by atoms with Crippen LogP contribution in [0.15, 0.2) is 29.2 Å². The molecule has 1 amide bonds. The van der Waals surface area contributed by atoms with Gasteiger partial charge in [0, 0.05) is 39.0 Å². The highest BCUT2D eigenvalue weighted by Gasteiger charge is 2.18. The molecule has 0 bridgehead atoms. The minimum Gasteiger partial charge on any atom is -0.348 e. The van der Waals surface area contributed by atoms with Crippen molar-refractivity contribution in [3.05, 3.63) is 66.3 Å². The molecule has 142 valence electrons.